The van der Waals surface area contributed by atoms with Gasteiger partial charge in [-0.1, -0.05) is 112 Å². The van der Waals surface area contributed by atoms with Gasteiger partial charge in [0.15, 0.2) is 6.10 Å². The quantitative estimate of drug-likeness (QED) is 0.0174. The topological polar surface area (TPSA) is 164 Å². The van der Waals surface area contributed by atoms with Crippen molar-refractivity contribution in [1.82, 2.24) is 0 Å². The summed E-state index contributed by atoms with van der Waals surface area (Å²) < 4.78 is 46.4. The number of esters is 2. The van der Waals surface area contributed by atoms with E-state index in [1.165, 1.54) is 36.4 Å². The summed E-state index contributed by atoms with van der Waals surface area (Å²) in [5.74, 6) is -0.342. The Morgan fingerprint density at radius 1 is 0.643 bits per heavy atom. The molecule has 16 heteroatoms. The van der Waals surface area contributed by atoms with Crippen LogP contribution in [0.3, 0.4) is 0 Å². The number of allylic oxidation sites excluding steroid dienone is 2. The Hall–Kier alpha value is -4.99. The number of hydrogen-bond acceptors (Lipinski definition) is 14. The Kier molecular flexibility index (Phi) is 20.5. The fourth-order valence-corrected chi connectivity index (χ4v) is 10.2. The van der Waals surface area contributed by atoms with Gasteiger partial charge in [-0.05, 0) is 95.8 Å². The molecule has 0 bridgehead atoms. The second-order valence-corrected chi connectivity index (χ2v) is 21.8. The normalized spacial score (nSPS) is 15.7. The summed E-state index contributed by atoms with van der Waals surface area (Å²) in [6.07, 6.45) is 10.7. The number of hydrogen-bond donors (Lipinski definition) is 0. The van der Waals surface area contributed by atoms with Crippen molar-refractivity contribution in [3.05, 3.63) is 128 Å². The largest absolute Gasteiger partial charge is 0.756 e. The van der Waals surface area contributed by atoms with Gasteiger partial charge in [0.05, 0.1) is 63.6 Å². The Labute approximate surface area is 420 Å². The summed E-state index contributed by atoms with van der Waals surface area (Å²) in [5.41, 5.74) is 3.58. The van der Waals surface area contributed by atoms with Gasteiger partial charge in [0.1, 0.15) is 31.3 Å². The number of phosphoric ester groups is 1. The molecule has 70 heavy (non-hydrogen) atoms. The monoisotopic (exact) mass is 1010 g/mol. The molecule has 0 spiro atoms. The zero-order valence-corrected chi connectivity index (χ0v) is 43.3. The van der Waals surface area contributed by atoms with Crippen molar-refractivity contribution in [1.29, 1.82) is 0 Å². The third-order valence-corrected chi connectivity index (χ3v) is 14.3. The van der Waals surface area contributed by atoms with Gasteiger partial charge in [-0.15, -0.1) is 0 Å². The number of ketones is 2. The fraction of sp³-hybridized carbons (Fsp3) is 0.407. The molecule has 4 aromatic rings. The van der Waals surface area contributed by atoms with Gasteiger partial charge < -0.3 is 37.4 Å². The molecule has 2 heterocycles. The van der Waals surface area contributed by atoms with Crippen LogP contribution in [-0.2, 0) is 45.5 Å². The third kappa shape index (κ3) is 17.4. The summed E-state index contributed by atoms with van der Waals surface area (Å²) in [6.45, 7) is 4.60. The van der Waals surface area contributed by atoms with E-state index in [0.717, 1.165) is 70.9 Å². The van der Waals surface area contributed by atoms with E-state index in [-0.39, 0.29) is 31.0 Å². The number of ether oxygens (including phenoxy) is 4. The molecule has 2 atom stereocenters. The average molecular weight is 1010 g/mol. The molecule has 374 valence electrons. The lowest BCUT2D eigenvalue weighted by Crippen LogP contribution is -2.37. The van der Waals surface area contributed by atoms with Crippen LogP contribution in [0.5, 0.6) is 11.5 Å². The first-order chi connectivity index (χ1) is 33.6. The first kappa shape index (κ1) is 54.3. The third-order valence-electron chi connectivity index (χ3n) is 11.2. The van der Waals surface area contributed by atoms with Crippen LogP contribution in [0, 0.1) is 0 Å². The maximum atomic E-state index is 13.6. The number of carbonyl (C=O) groups excluding carboxylic acids is 4. The summed E-state index contributed by atoms with van der Waals surface area (Å²) in [7, 11) is 0.789. The summed E-state index contributed by atoms with van der Waals surface area (Å²) >= 11 is 2.69. The zero-order valence-electron chi connectivity index (χ0n) is 40.7. The van der Waals surface area contributed by atoms with Gasteiger partial charge in [0.25, 0.3) is 7.82 Å². The molecular weight excluding hydrogens is 950 g/mol. The van der Waals surface area contributed by atoms with Gasteiger partial charge in [0, 0.05) is 20.9 Å². The van der Waals surface area contributed by atoms with E-state index in [0.29, 0.717) is 56.3 Å². The van der Waals surface area contributed by atoms with Crippen LogP contribution in [0.1, 0.15) is 108 Å². The number of thioether (sulfide) groups is 2. The van der Waals surface area contributed by atoms with E-state index in [1.54, 1.807) is 36.4 Å². The van der Waals surface area contributed by atoms with Crippen molar-refractivity contribution in [2.45, 2.75) is 94.0 Å². The number of likely N-dealkylation sites (N-methyl/N-ethyl adjacent to an activating group) is 1. The van der Waals surface area contributed by atoms with Gasteiger partial charge in [-0.25, -0.2) is 0 Å². The van der Waals surface area contributed by atoms with Crippen LogP contribution in [0.25, 0.3) is 12.2 Å². The van der Waals surface area contributed by atoms with E-state index in [4.69, 9.17) is 28.0 Å². The molecule has 0 radical (unpaired) electrons. The summed E-state index contributed by atoms with van der Waals surface area (Å²) in [4.78, 5) is 69.1. The Morgan fingerprint density at radius 3 is 1.66 bits per heavy atom. The van der Waals surface area contributed by atoms with Crippen LogP contribution < -0.4 is 14.4 Å². The van der Waals surface area contributed by atoms with Crippen LogP contribution in [0.15, 0.2) is 105 Å². The molecule has 6 rings (SSSR count). The van der Waals surface area contributed by atoms with Crippen LogP contribution >= 0.6 is 31.3 Å². The second-order valence-electron chi connectivity index (χ2n) is 18.2. The first-order valence-electron chi connectivity index (χ1n) is 23.9. The molecule has 1 unspecified atom stereocenters. The van der Waals surface area contributed by atoms with E-state index in [1.807, 2.05) is 81.8 Å². The molecule has 0 aromatic heterocycles. The van der Waals surface area contributed by atoms with Crippen molar-refractivity contribution in [2.75, 3.05) is 60.7 Å². The van der Waals surface area contributed by atoms with Crippen LogP contribution in [0.2, 0.25) is 0 Å². The van der Waals surface area contributed by atoms with Gasteiger partial charge in [-0.2, -0.15) is 0 Å². The summed E-state index contributed by atoms with van der Waals surface area (Å²) in [5, 5.41) is 0. The SMILES string of the molecule is CCCCCCOc1cccc(/C=C2\Sc3ccc(CC(=O)OC[C@H](COP(=O)([O-])OCC[N+](C)(C)C)OC(=O)Cc4ccc5c(c4)C(=O)/C(=C/c4cccc(OCCCCCC)c4)S5)cc3C2=O)c1. The highest BCUT2D eigenvalue weighted by molar-refractivity contribution is 8.05. The van der Waals surface area contributed by atoms with Crippen LogP contribution in [-0.4, -0.2) is 94.8 Å². The number of quaternary nitrogens is 1. The maximum Gasteiger partial charge on any atom is 0.310 e. The van der Waals surface area contributed by atoms with Crippen molar-refractivity contribution < 1.29 is 61.1 Å². The molecule has 4 aromatic carbocycles. The van der Waals surface area contributed by atoms with Crippen molar-refractivity contribution >= 4 is 67.0 Å². The van der Waals surface area contributed by atoms with E-state index >= 15 is 0 Å². The lowest BCUT2D eigenvalue weighted by Gasteiger charge is -2.28. The highest BCUT2D eigenvalue weighted by Crippen LogP contribution is 2.43. The van der Waals surface area contributed by atoms with Crippen molar-refractivity contribution in [3.8, 4) is 11.5 Å². The second kappa shape index (κ2) is 26.5. The minimum Gasteiger partial charge on any atom is -0.756 e. The molecule has 13 nitrogen and oxygen atoms in total. The molecule has 0 fully saturated rings. The number of Topliss-reactive ketones (excluding diaryl/α,β-unsaturated/α-hetero) is 2. The minimum atomic E-state index is -4.85. The molecule has 2 aliphatic rings. The van der Waals surface area contributed by atoms with Gasteiger partial charge in [-0.3, -0.25) is 23.7 Å². The fourth-order valence-electron chi connectivity index (χ4n) is 7.37. The highest BCUT2D eigenvalue weighted by atomic mass is 32.2. The standard InChI is InChI=1S/C54H64NO12PS2/c1-6-8-10-12-25-62-42-18-14-16-38(28-42)32-49-53(58)45-30-40(20-22-47(45)69-49)34-51(56)64-36-44(37-66-68(60,61)65-27-24-55(3,4)5)67-52(57)35-41-21-23-48-46(31-41)54(59)50(70-48)33-39-17-15-19-43(29-39)63-26-13-11-9-7-2/h14-23,28-33,44H,6-13,24-27,34-37H2,1-5H3/b49-32-,50-33-/t44-/m1/s1. The van der Waals surface area contributed by atoms with E-state index < -0.39 is 39.1 Å². The highest BCUT2D eigenvalue weighted by Gasteiger charge is 2.29. The number of phosphoric acid groups is 1. The number of rotatable bonds is 28. The number of nitrogens with zero attached hydrogens (tertiary/aromatic N) is 1. The number of carbonyl (C=O) groups is 4. The predicted octanol–water partition coefficient (Wildman–Crippen LogP) is 10.7. The average Bonchev–Trinajstić information content (AvgIpc) is 3.79. The Balaban J connectivity index is 1.06. The minimum absolute atomic E-state index is 0.142. The van der Waals surface area contributed by atoms with E-state index in [2.05, 4.69) is 13.8 Å². The van der Waals surface area contributed by atoms with Crippen LogP contribution in [0.4, 0.5) is 0 Å². The van der Waals surface area contributed by atoms with Gasteiger partial charge >= 0.3 is 11.9 Å². The molecule has 0 N–H and O–H groups in total. The Morgan fingerprint density at radius 2 is 1.16 bits per heavy atom. The smallest absolute Gasteiger partial charge is 0.310 e. The number of fused-ring (bicyclic) bond motifs is 2. The predicted molar refractivity (Wildman–Crippen MR) is 272 cm³/mol. The van der Waals surface area contributed by atoms with Crippen molar-refractivity contribution in [3.63, 3.8) is 0 Å². The molecule has 0 amide bonds. The number of benzene rings is 4. The molecule has 0 aliphatic carbocycles. The van der Waals surface area contributed by atoms with Crippen molar-refractivity contribution in [2.24, 2.45) is 0 Å². The molecule has 0 saturated heterocycles. The zero-order chi connectivity index (χ0) is 50.1. The lowest BCUT2D eigenvalue weighted by atomic mass is 10.0. The lowest BCUT2D eigenvalue weighted by molar-refractivity contribution is -0.870. The summed E-state index contributed by atoms with van der Waals surface area (Å²) in [6, 6.07) is 25.5. The molecule has 0 saturated carbocycles. The van der Waals surface area contributed by atoms with Gasteiger partial charge in [0.2, 0.25) is 11.6 Å². The first-order valence-corrected chi connectivity index (χ1v) is 27.0. The van der Waals surface area contributed by atoms with E-state index in [9.17, 15) is 28.6 Å². The maximum absolute atomic E-state index is 13.6. The Bertz CT molecular complexity index is 2590. The molecule has 2 aliphatic heterocycles. The number of unbranched alkanes of at least 4 members (excludes halogenated alkanes) is 6. The molecular formula is C54H64NO12PS2.